The van der Waals surface area contributed by atoms with Crippen LogP contribution in [-0.4, -0.2) is 17.8 Å². The predicted molar refractivity (Wildman–Crippen MR) is 246 cm³/mol. The van der Waals surface area contributed by atoms with Crippen molar-refractivity contribution in [3.05, 3.63) is 144 Å². The molecular weight excluding hydrogens is 701 g/mol. The summed E-state index contributed by atoms with van der Waals surface area (Å²) in [5, 5.41) is 0. The van der Waals surface area contributed by atoms with E-state index < -0.39 is 0 Å². The van der Waals surface area contributed by atoms with Crippen LogP contribution in [0.3, 0.4) is 0 Å². The van der Waals surface area contributed by atoms with E-state index in [1.165, 1.54) is 135 Å². The molecule has 0 spiro atoms. The first-order valence-corrected chi connectivity index (χ1v) is 22.1. The number of anilines is 7. The number of rotatable bonds is 3. The third-order valence-electron chi connectivity index (χ3n) is 16.8. The van der Waals surface area contributed by atoms with Crippen LogP contribution in [0.25, 0.3) is 11.1 Å². The van der Waals surface area contributed by atoms with Crippen molar-refractivity contribution >= 4 is 62.9 Å². The second-order valence-electron chi connectivity index (χ2n) is 19.7. The van der Waals surface area contributed by atoms with Crippen molar-refractivity contribution in [2.75, 3.05) is 14.7 Å². The molecule has 2 aliphatic carbocycles. The first-order valence-electron chi connectivity index (χ1n) is 22.1. The molecule has 0 amide bonds. The van der Waals surface area contributed by atoms with Gasteiger partial charge in [0.2, 0.25) is 0 Å². The molecular formula is C54H54BN3. The van der Waals surface area contributed by atoms with Gasteiger partial charge in [-0.15, -0.1) is 0 Å². The molecule has 58 heavy (non-hydrogen) atoms. The summed E-state index contributed by atoms with van der Waals surface area (Å²) in [5.74, 6) is 0. The number of hydrogen-bond acceptors (Lipinski definition) is 3. The number of fused-ring (bicyclic) bond motifs is 10. The van der Waals surface area contributed by atoms with Crippen LogP contribution in [0.1, 0.15) is 101 Å². The lowest BCUT2D eigenvalue weighted by Gasteiger charge is -2.53. The highest BCUT2D eigenvalue weighted by Gasteiger charge is 2.62. The van der Waals surface area contributed by atoms with E-state index in [9.17, 15) is 0 Å². The molecule has 0 bridgehead atoms. The van der Waals surface area contributed by atoms with Crippen LogP contribution in [0, 0.1) is 13.8 Å². The molecule has 0 radical (unpaired) electrons. The maximum Gasteiger partial charge on any atom is 0.252 e. The predicted octanol–water partition coefficient (Wildman–Crippen LogP) is 12.1. The summed E-state index contributed by atoms with van der Waals surface area (Å²) >= 11 is 0. The van der Waals surface area contributed by atoms with Gasteiger partial charge in [-0.3, -0.25) is 0 Å². The highest BCUT2D eigenvalue weighted by atomic mass is 15.3. The van der Waals surface area contributed by atoms with Crippen molar-refractivity contribution in [3.63, 3.8) is 0 Å². The van der Waals surface area contributed by atoms with Gasteiger partial charge in [-0.2, -0.15) is 0 Å². The molecule has 12 rings (SSSR count). The van der Waals surface area contributed by atoms with Crippen molar-refractivity contribution in [2.45, 2.75) is 115 Å². The summed E-state index contributed by atoms with van der Waals surface area (Å²) in [6.45, 7) is 15.0. The quantitative estimate of drug-likeness (QED) is 0.166. The van der Waals surface area contributed by atoms with Gasteiger partial charge in [0.1, 0.15) is 0 Å². The Balaban J connectivity index is 1.22. The average molecular weight is 756 g/mol. The lowest BCUT2D eigenvalue weighted by molar-refractivity contribution is 0.194. The zero-order valence-corrected chi connectivity index (χ0v) is 35.1. The van der Waals surface area contributed by atoms with E-state index in [-0.39, 0.29) is 28.6 Å². The Hall–Kier alpha value is -5.22. The summed E-state index contributed by atoms with van der Waals surface area (Å²) in [6.07, 6.45) is 9.89. The van der Waals surface area contributed by atoms with Crippen molar-refractivity contribution in [3.8, 4) is 11.1 Å². The fourth-order valence-corrected chi connectivity index (χ4v) is 13.5. The standard InChI is InChI=1S/C54H54BN3/c1-35-17-16-20-39(29-35)56-46-30-36(2)23-24-43(46)55-44-32-38(37-18-8-7-9-19-37)31-42-50(44)58(54(6)28-15-13-26-52(42,54)4)48-34-40(33-47(56)49(48)55)57-45-22-11-10-21-41(45)51(3)25-12-14-27-53(51,57)5/h7-11,16-24,29-34H,12-15,25-28H2,1-6H3. The number of aryl methyl sites for hydroxylation is 2. The summed E-state index contributed by atoms with van der Waals surface area (Å²) in [5.41, 5.74) is 22.1. The third kappa shape index (κ3) is 4.22. The van der Waals surface area contributed by atoms with Gasteiger partial charge in [0.25, 0.3) is 6.71 Å². The smallest absolute Gasteiger partial charge is 0.252 e. The Labute approximate surface area is 345 Å². The zero-order chi connectivity index (χ0) is 39.3. The molecule has 288 valence electrons. The number of nitrogens with zero attached hydrogens (tertiary/aromatic N) is 3. The van der Waals surface area contributed by atoms with E-state index in [0.29, 0.717) is 0 Å². The van der Waals surface area contributed by atoms with Crippen LogP contribution in [0.4, 0.5) is 39.8 Å². The molecule has 6 aliphatic rings. The maximum atomic E-state index is 2.92. The third-order valence-corrected chi connectivity index (χ3v) is 16.8. The van der Waals surface area contributed by atoms with Crippen LogP contribution in [-0.2, 0) is 10.8 Å². The molecule has 6 aromatic rings. The van der Waals surface area contributed by atoms with E-state index in [2.05, 4.69) is 178 Å². The van der Waals surface area contributed by atoms with Gasteiger partial charge in [-0.05, 0) is 146 Å². The molecule has 4 heteroatoms. The van der Waals surface area contributed by atoms with E-state index in [0.717, 1.165) is 0 Å². The van der Waals surface area contributed by atoms with E-state index >= 15 is 0 Å². The largest absolute Gasteiger partial charge is 0.335 e. The first kappa shape index (κ1) is 34.8. The summed E-state index contributed by atoms with van der Waals surface area (Å²) in [7, 11) is 0. The second-order valence-corrected chi connectivity index (χ2v) is 19.7. The van der Waals surface area contributed by atoms with Gasteiger partial charge >= 0.3 is 0 Å². The lowest BCUT2D eigenvalue weighted by atomic mass is 9.33. The maximum absolute atomic E-state index is 2.92. The van der Waals surface area contributed by atoms with Crippen molar-refractivity contribution < 1.29 is 0 Å². The molecule has 4 heterocycles. The highest BCUT2D eigenvalue weighted by molar-refractivity contribution is 7.00. The normalized spacial score (nSPS) is 27.1. The number of hydrogen-bond donors (Lipinski definition) is 0. The molecule has 4 aliphatic heterocycles. The molecule has 3 nitrogen and oxygen atoms in total. The minimum atomic E-state index is -0.0666. The number of benzene rings is 6. The summed E-state index contributed by atoms with van der Waals surface area (Å²) in [4.78, 5) is 8.38. The molecule has 4 atom stereocenters. The van der Waals surface area contributed by atoms with Crippen LogP contribution < -0.4 is 31.1 Å². The zero-order valence-electron chi connectivity index (χ0n) is 35.1. The Kier molecular flexibility index (Phi) is 7.03. The van der Waals surface area contributed by atoms with Gasteiger partial charge in [-0.1, -0.05) is 118 Å². The summed E-state index contributed by atoms with van der Waals surface area (Å²) < 4.78 is 0. The van der Waals surface area contributed by atoms with E-state index in [4.69, 9.17) is 0 Å². The summed E-state index contributed by atoms with van der Waals surface area (Å²) in [6, 6.07) is 47.6. The fourth-order valence-electron chi connectivity index (χ4n) is 13.5. The average Bonchev–Trinajstić information content (AvgIpc) is 3.57. The monoisotopic (exact) mass is 755 g/mol. The molecule has 0 aromatic heterocycles. The fraction of sp³-hybridized carbons (Fsp3) is 0.333. The van der Waals surface area contributed by atoms with E-state index in [1.54, 1.807) is 5.56 Å². The molecule has 0 saturated heterocycles. The Morgan fingerprint density at radius 3 is 1.91 bits per heavy atom. The van der Waals surface area contributed by atoms with Gasteiger partial charge in [0.15, 0.2) is 0 Å². The molecule has 6 aromatic carbocycles. The Morgan fingerprint density at radius 2 is 1.14 bits per heavy atom. The van der Waals surface area contributed by atoms with Gasteiger partial charge in [0, 0.05) is 50.6 Å². The van der Waals surface area contributed by atoms with Crippen LogP contribution >= 0.6 is 0 Å². The number of para-hydroxylation sites is 1. The van der Waals surface area contributed by atoms with Crippen molar-refractivity contribution in [1.29, 1.82) is 0 Å². The lowest BCUT2D eigenvalue weighted by Crippen LogP contribution is -2.64. The van der Waals surface area contributed by atoms with Crippen LogP contribution in [0.15, 0.2) is 121 Å². The molecule has 4 unspecified atom stereocenters. The van der Waals surface area contributed by atoms with Gasteiger partial charge in [-0.25, -0.2) is 0 Å². The van der Waals surface area contributed by atoms with Gasteiger partial charge < -0.3 is 14.7 Å². The highest BCUT2D eigenvalue weighted by Crippen LogP contribution is 2.65. The SMILES string of the molecule is Cc1cccc(N2c3cc(C)ccc3B3c4cc(-c5ccccc5)cc5c4N(c4cc(N6c7ccccc7C7(C)CCCCC67C)cc2c43)C2(C)CCCCC52C)c1. The van der Waals surface area contributed by atoms with Crippen molar-refractivity contribution in [1.82, 2.24) is 0 Å². The molecule has 2 saturated carbocycles. The minimum absolute atomic E-state index is 0.0109. The Bertz CT molecular complexity index is 2720. The van der Waals surface area contributed by atoms with E-state index in [1.807, 2.05) is 0 Å². The minimum Gasteiger partial charge on any atom is -0.335 e. The Morgan fingerprint density at radius 1 is 0.466 bits per heavy atom. The van der Waals surface area contributed by atoms with Crippen LogP contribution in [0.2, 0.25) is 0 Å². The van der Waals surface area contributed by atoms with Crippen LogP contribution in [0.5, 0.6) is 0 Å². The topological polar surface area (TPSA) is 9.72 Å². The van der Waals surface area contributed by atoms with Gasteiger partial charge in [0.05, 0.1) is 11.1 Å². The molecule has 2 fully saturated rings. The molecule has 0 N–H and O–H groups in total. The second kappa shape index (κ2) is 11.7. The van der Waals surface area contributed by atoms with Crippen molar-refractivity contribution in [2.24, 2.45) is 0 Å². The first-order chi connectivity index (χ1) is 28.1.